The molecule has 3 aliphatic rings. The molecule has 1 N–H and O–H groups in total. The lowest BCUT2D eigenvalue weighted by Crippen LogP contribution is -2.88. The van der Waals surface area contributed by atoms with E-state index in [9.17, 15) is 38.7 Å². The van der Waals surface area contributed by atoms with E-state index >= 15 is 0 Å². The monoisotopic (exact) mass is 662 g/mol. The summed E-state index contributed by atoms with van der Waals surface area (Å²) in [6.07, 6.45) is -9.75. The van der Waals surface area contributed by atoms with Crippen LogP contribution in [0.2, 0.25) is 0 Å². The zero-order valence-corrected chi connectivity index (χ0v) is 27.2. The van der Waals surface area contributed by atoms with Gasteiger partial charge in [-0.3, -0.25) is 28.8 Å². The van der Waals surface area contributed by atoms with Gasteiger partial charge in [0.15, 0.2) is 35.8 Å². The van der Waals surface area contributed by atoms with Crippen LogP contribution in [-0.2, 0) is 61.9 Å². The molecule has 0 amide bonds. The van der Waals surface area contributed by atoms with Crippen molar-refractivity contribution in [2.45, 2.75) is 103 Å². The number of ether oxygens (including phenoxy) is 7. The highest BCUT2D eigenvalue weighted by atomic mass is 16.7. The van der Waals surface area contributed by atoms with Crippen LogP contribution < -0.4 is 0 Å². The van der Waals surface area contributed by atoms with Gasteiger partial charge in [0, 0.05) is 34.6 Å². The predicted octanol–water partition coefficient (Wildman–Crippen LogP) is 0.999. The maximum absolute atomic E-state index is 14.6. The number of hydrogen-bond acceptors (Lipinski definition) is 15. The number of carbonyl (C=O) groups excluding carboxylic acids is 7. The van der Waals surface area contributed by atoms with Gasteiger partial charge < -0.3 is 38.3 Å². The van der Waals surface area contributed by atoms with Crippen molar-refractivity contribution in [1.29, 1.82) is 0 Å². The molecule has 15 heteroatoms. The molecule has 1 spiro atoms. The fraction of sp³-hybridized carbons (Fsp3) is 0.594. The van der Waals surface area contributed by atoms with Gasteiger partial charge in [-0.25, -0.2) is 4.79 Å². The van der Waals surface area contributed by atoms with Gasteiger partial charge in [-0.15, -0.1) is 0 Å². The molecule has 9 unspecified atom stereocenters. The molecule has 1 aliphatic heterocycles. The Morgan fingerprint density at radius 3 is 1.77 bits per heavy atom. The highest BCUT2D eigenvalue weighted by Gasteiger charge is 2.91. The van der Waals surface area contributed by atoms with Gasteiger partial charge in [0.2, 0.25) is 0 Å². The molecule has 4 rings (SSSR count). The van der Waals surface area contributed by atoms with Crippen molar-refractivity contribution < 1.29 is 71.8 Å². The van der Waals surface area contributed by atoms with E-state index in [1.165, 1.54) is 38.1 Å². The van der Waals surface area contributed by atoms with Crippen LogP contribution in [0.5, 0.6) is 0 Å². The van der Waals surface area contributed by atoms with Crippen molar-refractivity contribution >= 4 is 41.6 Å². The quantitative estimate of drug-likeness (QED) is 0.305. The van der Waals surface area contributed by atoms with Gasteiger partial charge in [0.05, 0.1) is 17.1 Å². The van der Waals surface area contributed by atoms with Crippen LogP contribution in [0.15, 0.2) is 30.3 Å². The van der Waals surface area contributed by atoms with Gasteiger partial charge in [0.25, 0.3) is 0 Å². The van der Waals surface area contributed by atoms with E-state index in [-0.39, 0.29) is 5.56 Å². The van der Waals surface area contributed by atoms with Gasteiger partial charge >= 0.3 is 35.8 Å². The van der Waals surface area contributed by atoms with Crippen molar-refractivity contribution in [2.24, 2.45) is 11.3 Å². The summed E-state index contributed by atoms with van der Waals surface area (Å²) in [7, 11) is 0. The molecule has 2 aliphatic carbocycles. The van der Waals surface area contributed by atoms with E-state index in [1.807, 2.05) is 0 Å². The molecule has 1 aromatic rings. The number of benzene rings is 1. The number of aliphatic hydroxyl groups is 1. The Bertz CT molecular complexity index is 1480. The van der Waals surface area contributed by atoms with Crippen LogP contribution in [0.3, 0.4) is 0 Å². The van der Waals surface area contributed by atoms with Crippen molar-refractivity contribution in [3.8, 4) is 0 Å². The third kappa shape index (κ3) is 5.64. The first-order valence-electron chi connectivity index (χ1n) is 14.8. The lowest BCUT2D eigenvalue weighted by atomic mass is 9.45. The normalized spacial score (nSPS) is 35.0. The maximum atomic E-state index is 14.6. The Hall–Kier alpha value is -4.37. The molecule has 9 atom stereocenters. The molecular formula is C32H38O15. The van der Waals surface area contributed by atoms with Crippen molar-refractivity contribution in [3.63, 3.8) is 0 Å². The summed E-state index contributed by atoms with van der Waals surface area (Å²) in [5.41, 5.74) is -9.36. The first-order valence-corrected chi connectivity index (χ1v) is 14.8. The standard InChI is InChI=1S/C32H38O15/c1-15(33)41-14-31-25(44-18(4)36)22(38)21-24(43-17(3)35)32(31,47-29(21,6)7)30(8,40)26(45-19(5)37)23(42-16(2)34)27(31)46-28(39)20-12-10-9-11-13-20/h9-13,21,23-27,40H,14H2,1-8H3. The molecule has 47 heavy (non-hydrogen) atoms. The van der Waals surface area contributed by atoms with Crippen molar-refractivity contribution in [3.05, 3.63) is 35.9 Å². The minimum atomic E-state index is -2.64. The second-order valence-corrected chi connectivity index (χ2v) is 12.6. The number of fused-ring (bicyclic) bond motifs is 1. The van der Waals surface area contributed by atoms with Gasteiger partial charge in [-0.2, -0.15) is 0 Å². The summed E-state index contributed by atoms with van der Waals surface area (Å²) < 4.78 is 40.8. The highest BCUT2D eigenvalue weighted by Crippen LogP contribution is 2.68. The molecule has 2 saturated carbocycles. The number of carbonyl (C=O) groups is 7. The van der Waals surface area contributed by atoms with Crippen LogP contribution in [0.4, 0.5) is 0 Å². The van der Waals surface area contributed by atoms with Crippen LogP contribution >= 0.6 is 0 Å². The molecule has 1 saturated heterocycles. The average molecular weight is 663 g/mol. The number of esters is 6. The second kappa shape index (κ2) is 12.3. The largest absolute Gasteiger partial charge is 0.465 e. The fourth-order valence-corrected chi connectivity index (χ4v) is 7.56. The number of hydrogen-bond donors (Lipinski definition) is 1. The van der Waals surface area contributed by atoms with Gasteiger partial charge in [0.1, 0.15) is 23.7 Å². The first kappa shape index (κ1) is 35.5. The third-order valence-electron chi connectivity index (χ3n) is 8.94. The maximum Gasteiger partial charge on any atom is 0.338 e. The van der Waals surface area contributed by atoms with E-state index in [2.05, 4.69) is 0 Å². The predicted molar refractivity (Wildman–Crippen MR) is 154 cm³/mol. The SMILES string of the molecule is CC(=O)OCC12C(OC(C)=O)C(=O)C3C(OC(C)=O)C1(OC3(C)C)C(C)(O)C(OC(C)=O)C(OC(C)=O)C2OC(=O)c1ccccc1. The van der Waals surface area contributed by atoms with Crippen LogP contribution in [0.25, 0.3) is 0 Å². The molecule has 0 aromatic heterocycles. The summed E-state index contributed by atoms with van der Waals surface area (Å²) >= 11 is 0. The summed E-state index contributed by atoms with van der Waals surface area (Å²) in [6, 6.07) is 7.46. The summed E-state index contributed by atoms with van der Waals surface area (Å²) in [5, 5.41) is 12.8. The highest BCUT2D eigenvalue weighted by molar-refractivity contribution is 5.94. The minimum Gasteiger partial charge on any atom is -0.465 e. The zero-order valence-electron chi connectivity index (χ0n) is 27.2. The van der Waals surface area contributed by atoms with E-state index in [0.717, 1.165) is 41.5 Å². The lowest BCUT2D eigenvalue weighted by molar-refractivity contribution is -0.373. The summed E-state index contributed by atoms with van der Waals surface area (Å²) in [6.45, 7) is 8.07. The number of ketones is 1. The molecule has 256 valence electrons. The molecule has 15 nitrogen and oxygen atoms in total. The van der Waals surface area contributed by atoms with Gasteiger partial charge in [-0.1, -0.05) is 18.2 Å². The molecular weight excluding hydrogens is 624 g/mol. The molecule has 3 fully saturated rings. The molecule has 2 bridgehead atoms. The zero-order chi connectivity index (χ0) is 35.3. The average Bonchev–Trinajstić information content (AvgIpc) is 3.15. The molecule has 0 radical (unpaired) electrons. The second-order valence-electron chi connectivity index (χ2n) is 12.6. The smallest absolute Gasteiger partial charge is 0.338 e. The van der Waals surface area contributed by atoms with Crippen molar-refractivity contribution in [1.82, 2.24) is 0 Å². The third-order valence-corrected chi connectivity index (χ3v) is 8.94. The van der Waals surface area contributed by atoms with Crippen LogP contribution in [0, 0.1) is 11.3 Å². The number of Topliss-reactive ketones (excluding diaryl/α,β-unsaturated/α-hetero) is 1. The Labute approximate surface area is 270 Å². The van der Waals surface area contributed by atoms with Gasteiger partial charge in [-0.05, 0) is 32.9 Å². The summed E-state index contributed by atoms with van der Waals surface area (Å²) in [4.78, 5) is 91.6. The Morgan fingerprint density at radius 2 is 1.26 bits per heavy atom. The van der Waals surface area contributed by atoms with Crippen LogP contribution in [-0.4, -0.2) is 101 Å². The Morgan fingerprint density at radius 1 is 0.723 bits per heavy atom. The minimum absolute atomic E-state index is 0.0274. The molecule has 1 heterocycles. The molecule has 1 aromatic carbocycles. The van der Waals surface area contributed by atoms with E-state index < -0.39 is 107 Å². The van der Waals surface area contributed by atoms with E-state index in [0.29, 0.717) is 0 Å². The lowest BCUT2D eigenvalue weighted by Gasteiger charge is -2.66. The Kier molecular flexibility index (Phi) is 9.32. The van der Waals surface area contributed by atoms with E-state index in [1.54, 1.807) is 6.07 Å². The fourth-order valence-electron chi connectivity index (χ4n) is 7.56. The van der Waals surface area contributed by atoms with E-state index in [4.69, 9.17) is 33.2 Å². The van der Waals surface area contributed by atoms with Crippen molar-refractivity contribution in [2.75, 3.05) is 6.61 Å². The van der Waals surface area contributed by atoms with Crippen LogP contribution in [0.1, 0.15) is 65.7 Å². The Balaban J connectivity index is 2.21. The summed E-state index contributed by atoms with van der Waals surface area (Å²) in [5.74, 6) is -8.26. The number of rotatable bonds is 8. The topological polar surface area (TPSA) is 204 Å². The first-order chi connectivity index (χ1) is 21.7.